The summed E-state index contributed by atoms with van der Waals surface area (Å²) in [5.41, 5.74) is 0.947. The molecule has 3 rings (SSSR count). The number of carbonyl (C=O) groups excluding carboxylic acids is 1. The van der Waals surface area contributed by atoms with Crippen LogP contribution in [0.2, 0.25) is 0 Å². The van der Waals surface area contributed by atoms with Crippen molar-refractivity contribution in [2.24, 2.45) is 0 Å². The summed E-state index contributed by atoms with van der Waals surface area (Å²) in [6, 6.07) is 13.8. The Balaban J connectivity index is 1.66. The summed E-state index contributed by atoms with van der Waals surface area (Å²) < 4.78 is 5.74. The zero-order valence-electron chi connectivity index (χ0n) is 17.6. The number of non-ortho nitro benzene ring substituents is 1. The molecule has 0 spiro atoms. The number of nitrogens with one attached hydrogen (secondary N) is 1. The molecule has 2 aromatic carbocycles. The van der Waals surface area contributed by atoms with Crippen molar-refractivity contribution in [3.63, 3.8) is 0 Å². The van der Waals surface area contributed by atoms with Crippen LogP contribution in [0.3, 0.4) is 0 Å². The number of rotatable bonds is 9. The fourth-order valence-corrected chi connectivity index (χ4v) is 3.98. The molecule has 0 aliphatic heterocycles. The number of hydrogen-bond donors (Lipinski definition) is 1. The normalized spacial score (nSPS) is 15.2. The smallest absolute Gasteiger partial charge is 0.269 e. The lowest BCUT2D eigenvalue weighted by atomic mass is 9.78. The summed E-state index contributed by atoms with van der Waals surface area (Å²) in [6.45, 7) is 1.62. The van der Waals surface area contributed by atoms with Gasteiger partial charge in [0.25, 0.3) is 5.69 Å². The number of nitrogens with zero attached hydrogens (tertiary/aromatic N) is 2. The van der Waals surface area contributed by atoms with E-state index in [-0.39, 0.29) is 11.6 Å². The fourth-order valence-electron chi connectivity index (χ4n) is 3.98. The Kier molecular flexibility index (Phi) is 7.05. The first-order valence-corrected chi connectivity index (χ1v) is 10.3. The van der Waals surface area contributed by atoms with Gasteiger partial charge in [0.2, 0.25) is 5.91 Å². The molecule has 0 heterocycles. The third kappa shape index (κ3) is 5.16. The van der Waals surface area contributed by atoms with Crippen LogP contribution in [0.5, 0.6) is 5.75 Å². The lowest BCUT2D eigenvalue weighted by Crippen LogP contribution is -2.37. The number of nitro benzene ring substituents is 1. The molecule has 1 saturated carbocycles. The van der Waals surface area contributed by atoms with Crippen LogP contribution in [0.25, 0.3) is 0 Å². The molecular formula is C23H29N3O4. The maximum Gasteiger partial charge on any atom is 0.269 e. The van der Waals surface area contributed by atoms with E-state index in [1.165, 1.54) is 12.1 Å². The highest BCUT2D eigenvalue weighted by Gasteiger charge is 2.42. The average Bonchev–Trinajstić information content (AvgIpc) is 3.23. The largest absolute Gasteiger partial charge is 0.494 e. The Bertz CT molecular complexity index is 857. The maximum atomic E-state index is 13.2. The van der Waals surface area contributed by atoms with Crippen LogP contribution in [-0.2, 0) is 10.2 Å². The Morgan fingerprint density at radius 1 is 1.10 bits per heavy atom. The van der Waals surface area contributed by atoms with E-state index in [1.54, 1.807) is 12.1 Å². The van der Waals surface area contributed by atoms with E-state index in [0.29, 0.717) is 12.3 Å². The summed E-state index contributed by atoms with van der Waals surface area (Å²) in [5, 5.41) is 14.0. The van der Waals surface area contributed by atoms with Crippen molar-refractivity contribution in [3.8, 4) is 5.75 Å². The van der Waals surface area contributed by atoms with E-state index < -0.39 is 10.3 Å². The standard InChI is InChI=1S/C23H29N3O4/c1-25(2)16-5-17-30-21-12-8-19(9-13-21)24-22(27)23(14-3-4-15-23)18-6-10-20(11-7-18)26(28)29/h6-13H,3-5,14-17H2,1-2H3,(H,24,27). The minimum atomic E-state index is -0.642. The predicted molar refractivity (Wildman–Crippen MR) is 117 cm³/mol. The summed E-state index contributed by atoms with van der Waals surface area (Å²) in [5.74, 6) is 0.714. The molecule has 0 atom stereocenters. The lowest BCUT2D eigenvalue weighted by Gasteiger charge is -2.28. The minimum absolute atomic E-state index is 0.0356. The van der Waals surface area contributed by atoms with Gasteiger partial charge in [0.15, 0.2) is 0 Å². The molecule has 7 nitrogen and oxygen atoms in total. The molecule has 0 bridgehead atoms. The van der Waals surface area contributed by atoms with Gasteiger partial charge in [0, 0.05) is 24.4 Å². The van der Waals surface area contributed by atoms with Gasteiger partial charge in [-0.05, 0) is 63.2 Å². The van der Waals surface area contributed by atoms with Crippen molar-refractivity contribution in [1.82, 2.24) is 4.90 Å². The van der Waals surface area contributed by atoms with E-state index >= 15 is 0 Å². The number of benzene rings is 2. The van der Waals surface area contributed by atoms with Crippen molar-refractivity contribution in [2.75, 3.05) is 32.6 Å². The van der Waals surface area contributed by atoms with Crippen LogP contribution < -0.4 is 10.1 Å². The number of nitro groups is 1. The molecule has 1 aliphatic carbocycles. The molecule has 0 saturated heterocycles. The maximum absolute atomic E-state index is 13.2. The first-order chi connectivity index (χ1) is 14.4. The highest BCUT2D eigenvalue weighted by molar-refractivity contribution is 5.99. The monoisotopic (exact) mass is 411 g/mol. The van der Waals surface area contributed by atoms with Crippen LogP contribution in [0.1, 0.15) is 37.7 Å². The lowest BCUT2D eigenvalue weighted by molar-refractivity contribution is -0.384. The minimum Gasteiger partial charge on any atom is -0.494 e. The molecular weight excluding hydrogens is 382 g/mol. The molecule has 0 radical (unpaired) electrons. The molecule has 0 unspecified atom stereocenters. The van der Waals surface area contributed by atoms with Gasteiger partial charge in [0.05, 0.1) is 16.9 Å². The van der Waals surface area contributed by atoms with Gasteiger partial charge in [0.1, 0.15) is 5.75 Å². The molecule has 2 aromatic rings. The van der Waals surface area contributed by atoms with Crippen LogP contribution in [-0.4, -0.2) is 43.0 Å². The Morgan fingerprint density at radius 2 is 1.73 bits per heavy atom. The van der Waals surface area contributed by atoms with Gasteiger partial charge < -0.3 is 15.0 Å². The molecule has 1 fully saturated rings. The molecule has 1 N–H and O–H groups in total. The topological polar surface area (TPSA) is 84.7 Å². The van der Waals surface area contributed by atoms with Crippen molar-refractivity contribution in [1.29, 1.82) is 0 Å². The second kappa shape index (κ2) is 9.71. The molecule has 1 aliphatic rings. The predicted octanol–water partition coefficient (Wildman–Crippen LogP) is 4.38. The first kappa shape index (κ1) is 21.8. The summed E-state index contributed by atoms with van der Waals surface area (Å²) >= 11 is 0. The zero-order chi connectivity index (χ0) is 21.6. The highest BCUT2D eigenvalue weighted by atomic mass is 16.6. The molecule has 7 heteroatoms. The summed E-state index contributed by atoms with van der Waals surface area (Å²) in [6.07, 6.45) is 4.35. The van der Waals surface area contributed by atoms with Crippen LogP contribution in [0, 0.1) is 10.1 Å². The molecule has 30 heavy (non-hydrogen) atoms. The van der Waals surface area contributed by atoms with Crippen LogP contribution in [0.4, 0.5) is 11.4 Å². The number of hydrogen-bond acceptors (Lipinski definition) is 5. The molecule has 1 amide bonds. The van der Waals surface area contributed by atoms with Gasteiger partial charge in [-0.15, -0.1) is 0 Å². The fraction of sp³-hybridized carbons (Fsp3) is 0.435. The van der Waals surface area contributed by atoms with Crippen molar-refractivity contribution in [2.45, 2.75) is 37.5 Å². The average molecular weight is 412 g/mol. The Labute approximate surface area is 177 Å². The van der Waals surface area contributed by atoms with E-state index in [1.807, 2.05) is 38.4 Å². The van der Waals surface area contributed by atoms with Crippen molar-refractivity contribution >= 4 is 17.3 Å². The summed E-state index contributed by atoms with van der Waals surface area (Å²) in [4.78, 5) is 25.9. The number of anilines is 1. The second-order valence-corrected chi connectivity index (χ2v) is 8.08. The third-order valence-corrected chi connectivity index (χ3v) is 5.65. The van der Waals surface area contributed by atoms with E-state index in [2.05, 4.69) is 10.2 Å². The van der Waals surface area contributed by atoms with Gasteiger partial charge in [-0.2, -0.15) is 0 Å². The number of carbonyl (C=O) groups is 1. The number of amides is 1. The zero-order valence-corrected chi connectivity index (χ0v) is 17.6. The SMILES string of the molecule is CN(C)CCCOc1ccc(NC(=O)C2(c3ccc([N+](=O)[O-])cc3)CCCC2)cc1. The molecule has 160 valence electrons. The van der Waals surface area contributed by atoms with Gasteiger partial charge in [-0.3, -0.25) is 14.9 Å². The molecule has 0 aromatic heterocycles. The first-order valence-electron chi connectivity index (χ1n) is 10.3. The van der Waals surface area contributed by atoms with Crippen LogP contribution in [0.15, 0.2) is 48.5 Å². The summed E-state index contributed by atoms with van der Waals surface area (Å²) in [7, 11) is 4.07. The van der Waals surface area contributed by atoms with Gasteiger partial charge in [-0.1, -0.05) is 25.0 Å². The van der Waals surface area contributed by atoms with Crippen molar-refractivity contribution < 1.29 is 14.5 Å². The Morgan fingerprint density at radius 3 is 2.30 bits per heavy atom. The van der Waals surface area contributed by atoms with Gasteiger partial charge >= 0.3 is 0 Å². The second-order valence-electron chi connectivity index (χ2n) is 8.08. The number of ether oxygens (including phenoxy) is 1. The van der Waals surface area contributed by atoms with E-state index in [4.69, 9.17) is 4.74 Å². The van der Waals surface area contributed by atoms with Crippen molar-refractivity contribution in [3.05, 3.63) is 64.2 Å². The van der Waals surface area contributed by atoms with E-state index in [9.17, 15) is 14.9 Å². The van der Waals surface area contributed by atoms with Crippen LogP contribution >= 0.6 is 0 Å². The quantitative estimate of drug-likeness (QED) is 0.376. The highest BCUT2D eigenvalue weighted by Crippen LogP contribution is 2.42. The van der Waals surface area contributed by atoms with Gasteiger partial charge in [-0.25, -0.2) is 0 Å². The Hall–Kier alpha value is -2.93. The van der Waals surface area contributed by atoms with E-state index in [0.717, 1.165) is 50.0 Å². The third-order valence-electron chi connectivity index (χ3n) is 5.65.